The molecule has 1 saturated heterocycles. The lowest BCUT2D eigenvalue weighted by atomic mass is 10.1. The molecule has 1 aromatic carbocycles. The van der Waals surface area contributed by atoms with Crippen molar-refractivity contribution in [3.05, 3.63) is 23.8 Å². The molecular formula is C19H31N3O4S. The van der Waals surface area contributed by atoms with Crippen LogP contribution in [0.5, 0.6) is 0 Å². The van der Waals surface area contributed by atoms with Gasteiger partial charge >= 0.3 is 0 Å². The Morgan fingerprint density at radius 3 is 2.63 bits per heavy atom. The van der Waals surface area contributed by atoms with Crippen LogP contribution in [-0.2, 0) is 14.8 Å². The van der Waals surface area contributed by atoms with Crippen molar-refractivity contribution >= 4 is 21.6 Å². The summed E-state index contributed by atoms with van der Waals surface area (Å²) in [4.78, 5) is 14.8. The number of aryl methyl sites for hydroxylation is 1. The predicted octanol–water partition coefficient (Wildman–Crippen LogP) is 1.81. The molecular weight excluding hydrogens is 366 g/mol. The van der Waals surface area contributed by atoms with Crippen LogP contribution in [-0.4, -0.2) is 67.0 Å². The molecule has 1 amide bonds. The van der Waals surface area contributed by atoms with Gasteiger partial charge in [0.05, 0.1) is 17.0 Å². The topological polar surface area (TPSA) is 90.0 Å². The Kier molecular flexibility index (Phi) is 7.39. The van der Waals surface area contributed by atoms with Gasteiger partial charge < -0.3 is 10.4 Å². The second-order valence-electron chi connectivity index (χ2n) is 7.03. The standard InChI is InChI=1S/C19H31N3O4S/c1-5-22(6-2)27(25,26)18-12-16(10-9-14(18)3)20-19(24)15(4)21-11-7-8-17(23)13-21/h9-10,12,15,17,23H,5-8,11,13H2,1-4H3,(H,20,24). The number of nitrogens with zero attached hydrogens (tertiary/aromatic N) is 2. The van der Waals surface area contributed by atoms with Gasteiger partial charge in [0.1, 0.15) is 0 Å². The van der Waals surface area contributed by atoms with Gasteiger partial charge in [-0.3, -0.25) is 9.69 Å². The van der Waals surface area contributed by atoms with Crippen LogP contribution >= 0.6 is 0 Å². The molecule has 2 unspecified atom stereocenters. The second-order valence-corrected chi connectivity index (χ2v) is 8.93. The van der Waals surface area contributed by atoms with Gasteiger partial charge in [-0.25, -0.2) is 8.42 Å². The number of carbonyl (C=O) groups excluding carboxylic acids is 1. The van der Waals surface area contributed by atoms with Gasteiger partial charge in [0, 0.05) is 25.3 Å². The van der Waals surface area contributed by atoms with Gasteiger partial charge in [0.15, 0.2) is 0 Å². The Hall–Kier alpha value is -1.48. The molecule has 7 nitrogen and oxygen atoms in total. The summed E-state index contributed by atoms with van der Waals surface area (Å²) in [6, 6.07) is 4.55. The van der Waals surface area contributed by atoms with Crippen molar-refractivity contribution in [1.82, 2.24) is 9.21 Å². The molecule has 0 aromatic heterocycles. The number of nitrogens with one attached hydrogen (secondary N) is 1. The lowest BCUT2D eigenvalue weighted by Gasteiger charge is -2.34. The Labute approximate surface area is 162 Å². The highest BCUT2D eigenvalue weighted by molar-refractivity contribution is 7.89. The first kappa shape index (κ1) is 21.8. The molecule has 0 aliphatic carbocycles. The van der Waals surface area contributed by atoms with E-state index in [4.69, 9.17) is 0 Å². The average molecular weight is 398 g/mol. The van der Waals surface area contributed by atoms with E-state index in [0.29, 0.717) is 30.9 Å². The lowest BCUT2D eigenvalue weighted by molar-refractivity contribution is -0.121. The van der Waals surface area contributed by atoms with E-state index in [1.165, 1.54) is 10.4 Å². The number of piperidine rings is 1. The zero-order valence-corrected chi connectivity index (χ0v) is 17.4. The molecule has 152 valence electrons. The first-order chi connectivity index (χ1) is 12.7. The number of likely N-dealkylation sites (tertiary alicyclic amines) is 1. The first-order valence-corrected chi connectivity index (χ1v) is 11.0. The lowest BCUT2D eigenvalue weighted by Crippen LogP contribution is -2.48. The fourth-order valence-electron chi connectivity index (χ4n) is 3.41. The summed E-state index contributed by atoms with van der Waals surface area (Å²) in [6.45, 7) is 9.18. The molecule has 0 saturated carbocycles. The molecule has 1 aliphatic heterocycles. The van der Waals surface area contributed by atoms with Gasteiger partial charge in [0.2, 0.25) is 15.9 Å². The average Bonchev–Trinajstić information content (AvgIpc) is 2.63. The Morgan fingerprint density at radius 2 is 2.04 bits per heavy atom. The molecule has 2 atom stereocenters. The summed E-state index contributed by atoms with van der Waals surface area (Å²) in [5, 5.41) is 12.6. The van der Waals surface area contributed by atoms with Gasteiger partial charge in [-0.1, -0.05) is 19.9 Å². The highest BCUT2D eigenvalue weighted by atomic mass is 32.2. The third kappa shape index (κ3) is 5.07. The van der Waals surface area contributed by atoms with Crippen molar-refractivity contribution < 1.29 is 18.3 Å². The van der Waals surface area contributed by atoms with Crippen LogP contribution in [0.4, 0.5) is 5.69 Å². The first-order valence-electron chi connectivity index (χ1n) is 9.54. The molecule has 0 spiro atoms. The van der Waals surface area contributed by atoms with Gasteiger partial charge in [-0.15, -0.1) is 0 Å². The fourth-order valence-corrected chi connectivity index (χ4v) is 5.11. The van der Waals surface area contributed by atoms with Crippen LogP contribution < -0.4 is 5.32 Å². The monoisotopic (exact) mass is 397 g/mol. The number of anilines is 1. The van der Waals surface area contributed by atoms with Crippen molar-refractivity contribution in [3.63, 3.8) is 0 Å². The van der Waals surface area contributed by atoms with E-state index in [1.807, 2.05) is 4.90 Å². The summed E-state index contributed by atoms with van der Waals surface area (Å²) >= 11 is 0. The minimum atomic E-state index is -3.60. The van der Waals surface area contributed by atoms with Crippen LogP contribution in [0.1, 0.15) is 39.2 Å². The smallest absolute Gasteiger partial charge is 0.243 e. The molecule has 1 aliphatic rings. The zero-order valence-electron chi connectivity index (χ0n) is 16.6. The van der Waals surface area contributed by atoms with Crippen LogP contribution in [0.15, 0.2) is 23.1 Å². The summed E-state index contributed by atoms with van der Waals surface area (Å²) in [5.41, 5.74) is 1.10. The fraction of sp³-hybridized carbons (Fsp3) is 0.632. The number of aliphatic hydroxyl groups excluding tert-OH is 1. The van der Waals surface area contributed by atoms with Crippen LogP contribution in [0.25, 0.3) is 0 Å². The number of benzene rings is 1. The quantitative estimate of drug-likeness (QED) is 0.732. The van der Waals surface area contributed by atoms with E-state index in [0.717, 1.165) is 19.4 Å². The van der Waals surface area contributed by atoms with E-state index in [2.05, 4.69) is 5.32 Å². The van der Waals surface area contributed by atoms with Gasteiger partial charge in [0.25, 0.3) is 0 Å². The molecule has 8 heteroatoms. The third-order valence-electron chi connectivity index (χ3n) is 5.13. The highest BCUT2D eigenvalue weighted by Gasteiger charge is 2.27. The summed E-state index contributed by atoms with van der Waals surface area (Å²) in [6.07, 6.45) is 1.21. The van der Waals surface area contributed by atoms with E-state index < -0.39 is 22.2 Å². The minimum absolute atomic E-state index is 0.209. The van der Waals surface area contributed by atoms with Gasteiger partial charge in [-0.2, -0.15) is 4.31 Å². The van der Waals surface area contributed by atoms with E-state index in [1.54, 1.807) is 39.8 Å². The van der Waals surface area contributed by atoms with Crippen LogP contribution in [0.3, 0.4) is 0 Å². The maximum atomic E-state index is 12.8. The van der Waals surface area contributed by atoms with Crippen LogP contribution in [0, 0.1) is 6.92 Å². The number of hydrogen-bond donors (Lipinski definition) is 2. The summed E-state index contributed by atoms with van der Waals surface area (Å²) in [7, 11) is -3.60. The number of rotatable bonds is 7. The second kappa shape index (κ2) is 9.14. The number of sulfonamides is 1. The molecule has 0 radical (unpaired) electrons. The number of β-amino-alcohol motifs (C(OH)–C–C–N with tert-alkyl or cyclic N) is 1. The molecule has 2 rings (SSSR count). The maximum absolute atomic E-state index is 12.8. The minimum Gasteiger partial charge on any atom is -0.392 e. The van der Waals surface area contributed by atoms with Crippen molar-refractivity contribution in [3.8, 4) is 0 Å². The molecule has 2 N–H and O–H groups in total. The number of amides is 1. The van der Waals surface area contributed by atoms with E-state index >= 15 is 0 Å². The normalized spacial score (nSPS) is 19.9. The van der Waals surface area contributed by atoms with E-state index in [-0.39, 0.29) is 10.8 Å². The maximum Gasteiger partial charge on any atom is 0.243 e. The molecule has 1 fully saturated rings. The SMILES string of the molecule is CCN(CC)S(=O)(=O)c1cc(NC(=O)C(C)N2CCCC(O)C2)ccc1C. The number of carbonyl (C=O) groups is 1. The summed E-state index contributed by atoms with van der Waals surface area (Å²) < 4.78 is 27.1. The molecule has 27 heavy (non-hydrogen) atoms. The predicted molar refractivity (Wildman–Crippen MR) is 106 cm³/mol. The third-order valence-corrected chi connectivity index (χ3v) is 7.33. The Morgan fingerprint density at radius 1 is 1.37 bits per heavy atom. The van der Waals surface area contributed by atoms with Gasteiger partial charge in [-0.05, 0) is 50.9 Å². The largest absolute Gasteiger partial charge is 0.392 e. The number of hydrogen-bond acceptors (Lipinski definition) is 5. The zero-order chi connectivity index (χ0) is 20.2. The van der Waals surface area contributed by atoms with E-state index in [9.17, 15) is 18.3 Å². The molecule has 1 heterocycles. The Balaban J connectivity index is 2.19. The van der Waals surface area contributed by atoms with Crippen molar-refractivity contribution in [2.75, 3.05) is 31.5 Å². The van der Waals surface area contributed by atoms with Crippen molar-refractivity contribution in [2.45, 2.75) is 57.6 Å². The van der Waals surface area contributed by atoms with Crippen LogP contribution in [0.2, 0.25) is 0 Å². The highest BCUT2D eigenvalue weighted by Crippen LogP contribution is 2.24. The molecule has 0 bridgehead atoms. The number of aliphatic hydroxyl groups is 1. The molecule has 1 aromatic rings. The Bertz CT molecular complexity index is 762. The summed E-state index contributed by atoms with van der Waals surface area (Å²) in [5.74, 6) is -0.209. The van der Waals surface area contributed by atoms with Crippen molar-refractivity contribution in [1.29, 1.82) is 0 Å². The van der Waals surface area contributed by atoms with Crippen molar-refractivity contribution in [2.24, 2.45) is 0 Å².